The number of thiophene rings is 1. The van der Waals surface area contributed by atoms with Crippen LogP contribution < -0.4 is 10.1 Å². The summed E-state index contributed by atoms with van der Waals surface area (Å²) in [6.45, 7) is 11.0. The maximum Gasteiger partial charge on any atom is 0.256 e. The number of piperazine rings is 1. The number of likely N-dealkylation sites (N-methyl/N-ethyl adjacent to an activating group) is 1. The zero-order valence-electron chi connectivity index (χ0n) is 19.9. The zero-order valence-corrected chi connectivity index (χ0v) is 20.7. The van der Waals surface area contributed by atoms with Gasteiger partial charge in [0.25, 0.3) is 5.91 Å². The number of carbonyl (C=O) groups excluding carboxylic acids is 1. The first-order valence-corrected chi connectivity index (χ1v) is 12.4. The predicted molar refractivity (Wildman–Crippen MR) is 137 cm³/mol. The van der Waals surface area contributed by atoms with Crippen LogP contribution in [0.2, 0.25) is 0 Å². The summed E-state index contributed by atoms with van der Waals surface area (Å²) in [6.07, 6.45) is 0. The number of hydrogen-bond acceptors (Lipinski definition) is 5. The normalized spacial score (nSPS) is 15.9. The van der Waals surface area contributed by atoms with Crippen LogP contribution in [0.5, 0.6) is 5.75 Å². The van der Waals surface area contributed by atoms with Crippen molar-refractivity contribution in [1.29, 1.82) is 0 Å². The topological polar surface area (TPSA) is 44.8 Å². The molecule has 0 unspecified atom stereocenters. The van der Waals surface area contributed by atoms with E-state index in [9.17, 15) is 4.79 Å². The fourth-order valence-electron chi connectivity index (χ4n) is 4.38. The Balaban J connectivity index is 1.74. The van der Waals surface area contributed by atoms with Crippen LogP contribution in [-0.4, -0.2) is 55.5 Å². The van der Waals surface area contributed by atoms with Crippen molar-refractivity contribution in [3.63, 3.8) is 0 Å². The highest BCUT2D eigenvalue weighted by Crippen LogP contribution is 2.43. The van der Waals surface area contributed by atoms with Crippen molar-refractivity contribution in [3.05, 3.63) is 81.7 Å². The van der Waals surface area contributed by atoms with Crippen molar-refractivity contribution in [2.45, 2.75) is 26.8 Å². The maximum absolute atomic E-state index is 13.0. The molecule has 174 valence electrons. The van der Waals surface area contributed by atoms with E-state index < -0.39 is 0 Å². The van der Waals surface area contributed by atoms with Crippen LogP contribution in [-0.2, 0) is 0 Å². The smallest absolute Gasteiger partial charge is 0.256 e. The highest BCUT2D eigenvalue weighted by atomic mass is 32.1. The lowest BCUT2D eigenvalue weighted by atomic mass is 9.94. The standard InChI is InChI=1S/C27H33N3O2S/c1-5-32-23-13-11-21(12-14-23)25(30-17-15-29(4)16-18-30)24-19(2)20(3)33-27(24)28-26(31)22-9-7-6-8-10-22/h6-14,25H,5,15-18H2,1-4H3,(H,28,31)/t25-/m1/s1. The number of amides is 1. The number of carbonyl (C=O) groups is 1. The summed E-state index contributed by atoms with van der Waals surface area (Å²) >= 11 is 1.67. The van der Waals surface area contributed by atoms with Crippen LogP contribution in [0.3, 0.4) is 0 Å². The first-order chi connectivity index (χ1) is 16.0. The Bertz CT molecular complexity index is 1070. The Morgan fingerprint density at radius 3 is 2.33 bits per heavy atom. The molecule has 1 aliphatic rings. The lowest BCUT2D eigenvalue weighted by Crippen LogP contribution is -2.46. The molecule has 33 heavy (non-hydrogen) atoms. The number of aryl methyl sites for hydroxylation is 1. The summed E-state index contributed by atoms with van der Waals surface area (Å²) in [7, 11) is 2.18. The third-order valence-electron chi connectivity index (χ3n) is 6.38. The summed E-state index contributed by atoms with van der Waals surface area (Å²) in [5, 5.41) is 4.18. The van der Waals surface area contributed by atoms with E-state index in [-0.39, 0.29) is 11.9 Å². The van der Waals surface area contributed by atoms with Gasteiger partial charge in [0.1, 0.15) is 10.8 Å². The van der Waals surface area contributed by atoms with E-state index in [0.717, 1.165) is 36.9 Å². The fraction of sp³-hybridized carbons (Fsp3) is 0.370. The Kier molecular flexibility index (Phi) is 7.48. The molecule has 0 bridgehead atoms. The average Bonchev–Trinajstić information content (AvgIpc) is 3.10. The Morgan fingerprint density at radius 2 is 1.70 bits per heavy atom. The predicted octanol–water partition coefficient (Wildman–Crippen LogP) is 5.35. The molecule has 1 aromatic heterocycles. The van der Waals surface area contributed by atoms with E-state index in [4.69, 9.17) is 4.74 Å². The molecule has 5 nitrogen and oxygen atoms in total. The minimum Gasteiger partial charge on any atom is -0.494 e. The van der Waals surface area contributed by atoms with Gasteiger partial charge in [-0.1, -0.05) is 30.3 Å². The monoisotopic (exact) mass is 463 g/mol. The summed E-state index contributed by atoms with van der Waals surface area (Å²) in [4.78, 5) is 19.2. The van der Waals surface area contributed by atoms with Crippen molar-refractivity contribution >= 4 is 22.2 Å². The molecule has 0 aliphatic carbocycles. The van der Waals surface area contributed by atoms with E-state index in [2.05, 4.69) is 60.3 Å². The number of ether oxygens (including phenoxy) is 1. The van der Waals surface area contributed by atoms with Gasteiger partial charge in [-0.25, -0.2) is 0 Å². The van der Waals surface area contributed by atoms with Crippen molar-refractivity contribution in [2.75, 3.05) is 45.2 Å². The second-order valence-corrected chi connectivity index (χ2v) is 9.81. The van der Waals surface area contributed by atoms with Gasteiger partial charge in [0.2, 0.25) is 0 Å². The Hall–Kier alpha value is -2.67. The quantitative estimate of drug-likeness (QED) is 0.513. The van der Waals surface area contributed by atoms with E-state index >= 15 is 0 Å². The molecular formula is C27H33N3O2S. The molecule has 0 saturated carbocycles. The molecule has 6 heteroatoms. The molecule has 0 radical (unpaired) electrons. The number of hydrogen-bond donors (Lipinski definition) is 1. The van der Waals surface area contributed by atoms with Gasteiger partial charge in [0.05, 0.1) is 12.6 Å². The Morgan fingerprint density at radius 1 is 1.03 bits per heavy atom. The number of benzene rings is 2. The summed E-state index contributed by atoms with van der Waals surface area (Å²) in [5.41, 5.74) is 4.35. The van der Waals surface area contributed by atoms with Crippen LogP contribution >= 0.6 is 11.3 Å². The molecule has 1 fully saturated rings. The summed E-state index contributed by atoms with van der Waals surface area (Å²) in [6, 6.07) is 18.0. The number of nitrogens with one attached hydrogen (secondary N) is 1. The second kappa shape index (κ2) is 10.5. The van der Waals surface area contributed by atoms with E-state index in [0.29, 0.717) is 12.2 Å². The molecule has 3 aromatic rings. The molecule has 2 aromatic carbocycles. The maximum atomic E-state index is 13.0. The molecule has 0 spiro atoms. The van der Waals surface area contributed by atoms with Gasteiger partial charge in [-0.2, -0.15) is 0 Å². The number of rotatable bonds is 7. The molecule has 4 rings (SSSR count). The van der Waals surface area contributed by atoms with E-state index in [1.54, 1.807) is 11.3 Å². The third kappa shape index (κ3) is 5.29. The number of anilines is 1. The van der Waals surface area contributed by atoms with Gasteiger partial charge < -0.3 is 15.0 Å². The van der Waals surface area contributed by atoms with Gasteiger partial charge in [0.15, 0.2) is 0 Å². The summed E-state index contributed by atoms with van der Waals surface area (Å²) < 4.78 is 5.68. The zero-order chi connectivity index (χ0) is 23.4. The highest BCUT2D eigenvalue weighted by Gasteiger charge is 2.31. The van der Waals surface area contributed by atoms with Gasteiger partial charge in [-0.15, -0.1) is 11.3 Å². The van der Waals surface area contributed by atoms with E-state index in [1.807, 2.05) is 37.3 Å². The van der Waals surface area contributed by atoms with Gasteiger partial charge in [0, 0.05) is 42.2 Å². The molecular weight excluding hydrogens is 430 g/mol. The van der Waals surface area contributed by atoms with E-state index in [1.165, 1.54) is 21.6 Å². The van der Waals surface area contributed by atoms with Gasteiger partial charge in [-0.05, 0) is 63.2 Å². The molecule has 2 heterocycles. The SMILES string of the molecule is CCOc1ccc([C@H](c2c(NC(=O)c3ccccc3)sc(C)c2C)N2CCN(C)CC2)cc1. The number of nitrogens with zero attached hydrogens (tertiary/aromatic N) is 2. The van der Waals surface area contributed by atoms with Crippen molar-refractivity contribution in [2.24, 2.45) is 0 Å². The third-order valence-corrected chi connectivity index (χ3v) is 7.52. The van der Waals surface area contributed by atoms with Crippen molar-refractivity contribution in [1.82, 2.24) is 9.80 Å². The molecule has 1 amide bonds. The summed E-state index contributed by atoms with van der Waals surface area (Å²) in [5.74, 6) is 0.816. The van der Waals surface area contributed by atoms with Crippen molar-refractivity contribution < 1.29 is 9.53 Å². The lowest BCUT2D eigenvalue weighted by Gasteiger charge is -2.39. The van der Waals surface area contributed by atoms with Crippen LogP contribution in [0.25, 0.3) is 0 Å². The average molecular weight is 464 g/mol. The largest absolute Gasteiger partial charge is 0.494 e. The van der Waals surface area contributed by atoms with Crippen LogP contribution in [0.4, 0.5) is 5.00 Å². The molecule has 1 N–H and O–H groups in total. The van der Waals surface area contributed by atoms with Crippen LogP contribution in [0.1, 0.15) is 44.9 Å². The lowest BCUT2D eigenvalue weighted by molar-refractivity contribution is 0.102. The van der Waals surface area contributed by atoms with Gasteiger partial charge in [-0.3, -0.25) is 9.69 Å². The fourth-order valence-corrected chi connectivity index (χ4v) is 5.47. The van der Waals surface area contributed by atoms with Gasteiger partial charge >= 0.3 is 0 Å². The molecule has 1 atom stereocenters. The first kappa shape index (κ1) is 23.5. The minimum absolute atomic E-state index is 0.0677. The van der Waals surface area contributed by atoms with Crippen molar-refractivity contribution in [3.8, 4) is 5.75 Å². The Labute approximate surface area is 201 Å². The molecule has 1 aliphatic heterocycles. The van der Waals surface area contributed by atoms with Crippen LogP contribution in [0, 0.1) is 13.8 Å². The highest BCUT2D eigenvalue weighted by molar-refractivity contribution is 7.16. The first-order valence-electron chi connectivity index (χ1n) is 11.6. The minimum atomic E-state index is -0.0677. The van der Waals surface area contributed by atoms with Crippen LogP contribution in [0.15, 0.2) is 54.6 Å². The molecule has 1 saturated heterocycles. The second-order valence-electron chi connectivity index (χ2n) is 8.59.